The molecule has 0 fully saturated rings. The Morgan fingerprint density at radius 1 is 0.378 bits per heavy atom. The van der Waals surface area contributed by atoms with Crippen LogP contribution in [0.4, 0.5) is 0 Å². The van der Waals surface area contributed by atoms with E-state index in [4.69, 9.17) is 22.2 Å². The smallest absolute Gasteiger partial charge is 0.136 e. The molecule has 9 aromatic rings. The van der Waals surface area contributed by atoms with Crippen molar-refractivity contribution in [1.82, 2.24) is 0 Å². The second kappa shape index (κ2) is 10.4. The number of rotatable bonds is 4. The second-order valence-electron chi connectivity index (χ2n) is 10.4. The van der Waals surface area contributed by atoms with E-state index in [2.05, 4.69) is 0 Å². The molecule has 0 saturated heterocycles. The Labute approximate surface area is 284 Å². The number of hydrogen-bond donors (Lipinski definition) is 0. The molecule has 8 aromatic carbocycles. The van der Waals surface area contributed by atoms with Gasteiger partial charge in [0, 0.05) is 10.8 Å². The van der Waals surface area contributed by atoms with E-state index >= 15 is 0 Å². The maximum absolute atomic E-state index is 9.84. The van der Waals surface area contributed by atoms with Gasteiger partial charge in [0.15, 0.2) is 0 Å². The first-order valence-corrected chi connectivity index (χ1v) is 14.1. The Morgan fingerprint density at radius 2 is 0.933 bits per heavy atom. The zero-order valence-corrected chi connectivity index (χ0v) is 23.3. The highest BCUT2D eigenvalue weighted by Crippen LogP contribution is 2.45. The zero-order chi connectivity index (χ0) is 43.7. The Hall–Kier alpha value is -5.92. The fraction of sp³-hybridized carbons (Fsp3) is 0. The number of hydrogen-bond acceptors (Lipinski definition) is 1. The van der Waals surface area contributed by atoms with Gasteiger partial charge in [0.1, 0.15) is 11.2 Å². The van der Waals surface area contributed by atoms with E-state index in [1.807, 2.05) is 36.4 Å². The molecule has 9 rings (SSSR count). The molecule has 0 spiro atoms. The summed E-state index contributed by atoms with van der Waals surface area (Å²) >= 11 is 0. The number of fused-ring (bicyclic) bond motifs is 5. The van der Waals surface area contributed by atoms with E-state index in [0.717, 1.165) is 5.56 Å². The third kappa shape index (κ3) is 4.17. The minimum Gasteiger partial charge on any atom is -0.456 e. The first-order valence-electron chi connectivity index (χ1n) is 22.1. The summed E-state index contributed by atoms with van der Waals surface area (Å²) in [6, 6.07) is 13.0. The van der Waals surface area contributed by atoms with E-state index in [1.54, 1.807) is 36.4 Å². The SMILES string of the molecule is [2H]c1c([2H])c([2H])c(-c2ccc(-c3c4ccccc4c(-c4c([2H])c([2H])c5oc6c([2H])c([2H])c([2H])c(-c7c([2H])c([2H])c([2H])c([2H])c7[2H])c6c5c4[2H])c4ccccc34)cc2)c([2H])c1[2H]. The van der Waals surface area contributed by atoms with Crippen LogP contribution in [0.15, 0.2) is 174 Å². The average molecular weight is 589 g/mol. The van der Waals surface area contributed by atoms with E-state index in [0.29, 0.717) is 38.2 Å². The molecule has 210 valence electrons. The van der Waals surface area contributed by atoms with E-state index < -0.39 is 84.1 Å². The predicted octanol–water partition coefficient (Wildman–Crippen LogP) is 12.6. The summed E-state index contributed by atoms with van der Waals surface area (Å²) < 4.78 is 145. The van der Waals surface area contributed by atoms with Crippen LogP contribution in [0.3, 0.4) is 0 Å². The van der Waals surface area contributed by atoms with Gasteiger partial charge in [-0.25, -0.2) is 0 Å². The third-order valence-corrected chi connectivity index (χ3v) is 7.97. The van der Waals surface area contributed by atoms with Crippen LogP contribution in [0.25, 0.3) is 88.0 Å². The van der Waals surface area contributed by atoms with Crippen LogP contribution in [-0.4, -0.2) is 0 Å². The molecular weight excluding hydrogens is 544 g/mol. The molecule has 0 amide bonds. The lowest BCUT2D eigenvalue weighted by Gasteiger charge is -2.18. The topological polar surface area (TPSA) is 13.1 Å². The molecule has 0 unspecified atom stereocenters. The quantitative estimate of drug-likeness (QED) is 0.186. The van der Waals surface area contributed by atoms with Gasteiger partial charge in [-0.1, -0.05) is 151 Å². The maximum Gasteiger partial charge on any atom is 0.136 e. The predicted molar refractivity (Wildman–Crippen MR) is 190 cm³/mol. The summed E-state index contributed by atoms with van der Waals surface area (Å²) in [7, 11) is 0. The van der Waals surface area contributed by atoms with Gasteiger partial charge in [-0.2, -0.15) is 0 Å². The average Bonchev–Trinajstić information content (AvgIpc) is 3.67. The van der Waals surface area contributed by atoms with Crippen molar-refractivity contribution in [2.75, 3.05) is 0 Å². The summed E-state index contributed by atoms with van der Waals surface area (Å²) in [5, 5.41) is 2.26. The van der Waals surface area contributed by atoms with Gasteiger partial charge in [0.05, 0.1) is 21.9 Å². The van der Waals surface area contributed by atoms with Crippen molar-refractivity contribution in [2.45, 2.75) is 0 Å². The van der Waals surface area contributed by atoms with Gasteiger partial charge in [0.2, 0.25) is 0 Å². The van der Waals surface area contributed by atoms with Crippen LogP contribution >= 0.6 is 0 Å². The molecule has 1 heterocycles. The molecule has 0 radical (unpaired) electrons. The van der Waals surface area contributed by atoms with Crippen LogP contribution in [0.1, 0.15) is 21.9 Å². The summed E-state index contributed by atoms with van der Waals surface area (Å²) in [4.78, 5) is 0. The number of benzene rings is 8. The minimum absolute atomic E-state index is 0.00397. The highest BCUT2D eigenvalue weighted by molar-refractivity contribution is 6.22. The van der Waals surface area contributed by atoms with Gasteiger partial charge in [-0.3, -0.25) is 0 Å². The molecule has 45 heavy (non-hydrogen) atoms. The lowest BCUT2D eigenvalue weighted by atomic mass is 9.85. The molecular formula is C44H28O. The largest absolute Gasteiger partial charge is 0.456 e. The maximum atomic E-state index is 9.84. The van der Waals surface area contributed by atoms with Crippen LogP contribution in [-0.2, 0) is 0 Å². The van der Waals surface area contributed by atoms with Crippen molar-refractivity contribution in [3.8, 4) is 44.5 Å². The molecule has 1 heteroatoms. The first kappa shape index (κ1) is 14.2. The Balaban J connectivity index is 1.37. The highest BCUT2D eigenvalue weighted by atomic mass is 16.3. The van der Waals surface area contributed by atoms with Gasteiger partial charge >= 0.3 is 0 Å². The van der Waals surface area contributed by atoms with E-state index in [9.17, 15) is 4.11 Å². The molecule has 1 nitrogen and oxygen atoms in total. The van der Waals surface area contributed by atoms with Crippen LogP contribution in [0.5, 0.6) is 0 Å². The molecule has 1 aromatic heterocycles. The zero-order valence-electron chi connectivity index (χ0n) is 39.3. The van der Waals surface area contributed by atoms with Crippen molar-refractivity contribution in [3.05, 3.63) is 169 Å². The van der Waals surface area contributed by atoms with Crippen molar-refractivity contribution in [1.29, 1.82) is 0 Å². The van der Waals surface area contributed by atoms with Crippen LogP contribution in [0, 0.1) is 0 Å². The van der Waals surface area contributed by atoms with Gasteiger partial charge in [-0.15, -0.1) is 0 Å². The van der Waals surface area contributed by atoms with Crippen molar-refractivity contribution < 1.29 is 26.3 Å². The van der Waals surface area contributed by atoms with Crippen molar-refractivity contribution in [2.24, 2.45) is 0 Å². The number of furan rings is 1. The molecule has 0 N–H and O–H groups in total. The summed E-state index contributed by atoms with van der Waals surface area (Å²) in [5.74, 6) is 0. The molecule has 0 aliphatic carbocycles. The van der Waals surface area contributed by atoms with Crippen LogP contribution in [0.2, 0.25) is 0 Å². The second-order valence-corrected chi connectivity index (χ2v) is 10.4. The first-order chi connectivity index (χ1) is 29.0. The van der Waals surface area contributed by atoms with Crippen molar-refractivity contribution >= 4 is 43.5 Å². The standard InChI is InChI=1S/C44H28O/c1-3-12-29(13-4-1)30-22-24-32(25-23-30)42-35-16-7-9-18-37(35)43(38-19-10-8-17-36(38)42)33-26-27-40-39(28-33)44-34(20-11-21-41(44)45-40)31-14-5-2-6-15-31/h1-28H/i1D,2D,3D,4D,5D,6D,11D,12D,13D,14D,15D,20D,21D,26D,27D,28D. The lowest BCUT2D eigenvalue weighted by Crippen LogP contribution is -1.91. The lowest BCUT2D eigenvalue weighted by molar-refractivity contribution is 0.669. The fourth-order valence-electron chi connectivity index (χ4n) is 6.05. The molecule has 0 saturated carbocycles. The van der Waals surface area contributed by atoms with Gasteiger partial charge in [0.25, 0.3) is 0 Å². The molecule has 0 aliphatic rings. The van der Waals surface area contributed by atoms with E-state index in [-0.39, 0.29) is 56.8 Å². The summed E-state index contributed by atoms with van der Waals surface area (Å²) in [6.07, 6.45) is 0. The highest BCUT2D eigenvalue weighted by Gasteiger charge is 2.19. The van der Waals surface area contributed by atoms with Crippen molar-refractivity contribution in [3.63, 3.8) is 0 Å². The van der Waals surface area contributed by atoms with Crippen LogP contribution < -0.4 is 0 Å². The summed E-state index contributed by atoms with van der Waals surface area (Å²) in [6.45, 7) is 0. The Kier molecular flexibility index (Phi) is 3.28. The molecule has 0 atom stereocenters. The van der Waals surface area contributed by atoms with E-state index in [1.165, 1.54) is 0 Å². The Morgan fingerprint density at radius 3 is 1.56 bits per heavy atom. The fourth-order valence-corrected chi connectivity index (χ4v) is 6.05. The minimum atomic E-state index is -0.694. The van der Waals surface area contributed by atoms with Gasteiger partial charge < -0.3 is 4.42 Å². The van der Waals surface area contributed by atoms with Gasteiger partial charge in [-0.05, 0) is 84.2 Å². The molecule has 0 bridgehead atoms. The summed E-state index contributed by atoms with van der Waals surface area (Å²) in [5.41, 5.74) is 0.942. The third-order valence-electron chi connectivity index (χ3n) is 7.97. The monoisotopic (exact) mass is 588 g/mol. The normalized spacial score (nSPS) is 16.5. The molecule has 0 aliphatic heterocycles. The Bertz CT molecular complexity index is 3310.